The number of thioether (sulfide) groups is 1. The van der Waals surface area contributed by atoms with Gasteiger partial charge in [0, 0.05) is 16.7 Å². The molecule has 0 saturated carbocycles. The molecule has 1 rings (SSSR count). The first-order valence-corrected chi connectivity index (χ1v) is 6.10. The second kappa shape index (κ2) is 5.62. The van der Waals surface area contributed by atoms with Crippen LogP contribution in [0.5, 0.6) is 0 Å². The summed E-state index contributed by atoms with van der Waals surface area (Å²) in [6.07, 6.45) is 1.19. The van der Waals surface area contributed by atoms with Crippen LogP contribution in [0.2, 0.25) is 0 Å². The van der Waals surface area contributed by atoms with Crippen LogP contribution in [0.3, 0.4) is 0 Å². The van der Waals surface area contributed by atoms with E-state index >= 15 is 0 Å². The normalized spacial score (nSPS) is 13.2. The molecular formula is C9H15NS2. The molecule has 1 nitrogen and oxygen atoms in total. The topological polar surface area (TPSA) is 26.0 Å². The Morgan fingerprint density at radius 2 is 2.50 bits per heavy atom. The highest BCUT2D eigenvalue weighted by Gasteiger charge is 1.99. The van der Waals surface area contributed by atoms with Crippen molar-refractivity contribution in [3.8, 4) is 0 Å². The summed E-state index contributed by atoms with van der Waals surface area (Å²) in [4.78, 5) is 1.48. The van der Waals surface area contributed by atoms with E-state index in [4.69, 9.17) is 5.73 Å². The van der Waals surface area contributed by atoms with Crippen molar-refractivity contribution in [2.45, 2.75) is 18.6 Å². The average molecular weight is 201 g/mol. The van der Waals surface area contributed by atoms with Crippen molar-refractivity contribution in [3.05, 3.63) is 22.4 Å². The van der Waals surface area contributed by atoms with Crippen molar-refractivity contribution in [2.24, 2.45) is 5.73 Å². The predicted octanol–water partition coefficient (Wildman–Crippen LogP) is 2.37. The van der Waals surface area contributed by atoms with Crippen LogP contribution in [-0.2, 0) is 6.42 Å². The zero-order chi connectivity index (χ0) is 8.81. The van der Waals surface area contributed by atoms with E-state index in [1.165, 1.54) is 17.1 Å². The van der Waals surface area contributed by atoms with Gasteiger partial charge in [0.05, 0.1) is 0 Å². The highest BCUT2D eigenvalue weighted by molar-refractivity contribution is 7.99. The third-order valence-corrected chi connectivity index (χ3v) is 3.80. The van der Waals surface area contributed by atoms with Gasteiger partial charge < -0.3 is 5.73 Å². The minimum atomic E-state index is 0.602. The lowest BCUT2D eigenvalue weighted by Crippen LogP contribution is -2.13. The van der Waals surface area contributed by atoms with Crippen LogP contribution in [-0.4, -0.2) is 17.5 Å². The molecule has 2 N–H and O–H groups in total. The molecule has 0 amide bonds. The van der Waals surface area contributed by atoms with E-state index in [-0.39, 0.29) is 0 Å². The zero-order valence-electron chi connectivity index (χ0n) is 7.32. The number of rotatable bonds is 5. The third-order valence-electron chi connectivity index (χ3n) is 1.66. The Bertz CT molecular complexity index is 196. The van der Waals surface area contributed by atoms with Crippen LogP contribution in [0.1, 0.15) is 11.8 Å². The van der Waals surface area contributed by atoms with Crippen molar-refractivity contribution >= 4 is 23.1 Å². The van der Waals surface area contributed by atoms with E-state index in [1.54, 1.807) is 0 Å². The van der Waals surface area contributed by atoms with Gasteiger partial charge in [-0.2, -0.15) is 11.8 Å². The van der Waals surface area contributed by atoms with Gasteiger partial charge in [-0.3, -0.25) is 0 Å². The van der Waals surface area contributed by atoms with E-state index in [0.717, 1.165) is 6.54 Å². The number of nitrogens with two attached hydrogens (primary N) is 1. The average Bonchev–Trinajstić information content (AvgIpc) is 2.57. The summed E-state index contributed by atoms with van der Waals surface area (Å²) in [6.45, 7) is 2.97. The van der Waals surface area contributed by atoms with Crippen LogP contribution in [0.15, 0.2) is 17.5 Å². The molecule has 0 aliphatic carbocycles. The van der Waals surface area contributed by atoms with E-state index in [2.05, 4.69) is 24.4 Å². The molecule has 0 aliphatic rings. The third kappa shape index (κ3) is 3.61. The van der Waals surface area contributed by atoms with Gasteiger partial charge in [0.25, 0.3) is 0 Å². The van der Waals surface area contributed by atoms with Gasteiger partial charge >= 0.3 is 0 Å². The molecule has 1 aromatic heterocycles. The quantitative estimate of drug-likeness (QED) is 0.791. The maximum atomic E-state index is 5.51. The molecule has 0 spiro atoms. The number of hydrogen-bond donors (Lipinski definition) is 1. The summed E-state index contributed by atoms with van der Waals surface area (Å²) in [5.74, 6) is 1.19. The highest BCUT2D eigenvalue weighted by Crippen LogP contribution is 2.15. The predicted molar refractivity (Wildman–Crippen MR) is 59.0 cm³/mol. The lowest BCUT2D eigenvalue weighted by molar-refractivity contribution is 0.949. The Labute approximate surface area is 82.4 Å². The maximum Gasteiger partial charge on any atom is 0.0142 e. The smallest absolute Gasteiger partial charge is 0.0142 e. The van der Waals surface area contributed by atoms with Crippen molar-refractivity contribution in [1.29, 1.82) is 0 Å². The standard InChI is InChI=1S/C9H15NS2/c1-8(7-10)11-6-4-9-3-2-5-12-9/h2-3,5,8H,4,6-7,10H2,1H3. The summed E-state index contributed by atoms with van der Waals surface area (Å²) in [7, 11) is 0. The van der Waals surface area contributed by atoms with E-state index < -0.39 is 0 Å². The molecule has 1 aromatic rings. The fraction of sp³-hybridized carbons (Fsp3) is 0.556. The molecule has 0 radical (unpaired) electrons. The fourth-order valence-corrected chi connectivity index (χ4v) is 2.60. The van der Waals surface area contributed by atoms with Gasteiger partial charge in [-0.1, -0.05) is 13.0 Å². The maximum absolute atomic E-state index is 5.51. The fourth-order valence-electron chi connectivity index (χ4n) is 0.884. The van der Waals surface area contributed by atoms with E-state index in [0.29, 0.717) is 5.25 Å². The summed E-state index contributed by atoms with van der Waals surface area (Å²) < 4.78 is 0. The van der Waals surface area contributed by atoms with E-state index in [1.807, 2.05) is 23.1 Å². The second-order valence-corrected chi connectivity index (χ2v) is 5.33. The molecular weight excluding hydrogens is 186 g/mol. The lowest BCUT2D eigenvalue weighted by Gasteiger charge is -2.06. The van der Waals surface area contributed by atoms with Crippen molar-refractivity contribution in [1.82, 2.24) is 0 Å². The number of aryl methyl sites for hydroxylation is 1. The van der Waals surface area contributed by atoms with Gasteiger partial charge in [-0.25, -0.2) is 0 Å². The van der Waals surface area contributed by atoms with Crippen LogP contribution in [0.4, 0.5) is 0 Å². The Morgan fingerprint density at radius 3 is 3.08 bits per heavy atom. The molecule has 3 heteroatoms. The summed E-state index contributed by atoms with van der Waals surface area (Å²) in [5.41, 5.74) is 5.51. The van der Waals surface area contributed by atoms with E-state index in [9.17, 15) is 0 Å². The molecule has 0 aliphatic heterocycles. The lowest BCUT2D eigenvalue weighted by atomic mass is 10.4. The summed E-state index contributed by atoms with van der Waals surface area (Å²) >= 11 is 3.79. The van der Waals surface area contributed by atoms with Crippen molar-refractivity contribution in [3.63, 3.8) is 0 Å². The minimum Gasteiger partial charge on any atom is -0.329 e. The Hall–Kier alpha value is 0.01000. The first-order chi connectivity index (χ1) is 5.83. The molecule has 0 aromatic carbocycles. The van der Waals surface area contributed by atoms with Crippen LogP contribution in [0, 0.1) is 0 Å². The summed E-state index contributed by atoms with van der Waals surface area (Å²) in [6, 6.07) is 4.30. The molecule has 1 atom stereocenters. The Kier molecular flexibility index (Phi) is 4.73. The van der Waals surface area contributed by atoms with Crippen LogP contribution in [0.25, 0.3) is 0 Å². The van der Waals surface area contributed by atoms with Gasteiger partial charge in [0.2, 0.25) is 0 Å². The number of hydrogen-bond acceptors (Lipinski definition) is 3. The second-order valence-electron chi connectivity index (χ2n) is 2.75. The highest BCUT2D eigenvalue weighted by atomic mass is 32.2. The van der Waals surface area contributed by atoms with Gasteiger partial charge in [-0.05, 0) is 23.6 Å². The molecule has 1 heterocycles. The summed E-state index contributed by atoms with van der Waals surface area (Å²) in [5, 5.41) is 2.73. The largest absolute Gasteiger partial charge is 0.329 e. The molecule has 0 bridgehead atoms. The first kappa shape index (κ1) is 10.1. The van der Waals surface area contributed by atoms with Crippen molar-refractivity contribution < 1.29 is 0 Å². The first-order valence-electron chi connectivity index (χ1n) is 4.17. The monoisotopic (exact) mass is 201 g/mol. The molecule has 12 heavy (non-hydrogen) atoms. The van der Waals surface area contributed by atoms with Gasteiger partial charge in [-0.15, -0.1) is 11.3 Å². The molecule has 0 saturated heterocycles. The number of thiophene rings is 1. The molecule has 0 fully saturated rings. The van der Waals surface area contributed by atoms with Crippen molar-refractivity contribution in [2.75, 3.05) is 12.3 Å². The SMILES string of the molecule is CC(CN)SCCc1cccs1. The van der Waals surface area contributed by atoms with Crippen LogP contribution >= 0.6 is 23.1 Å². The Morgan fingerprint density at radius 1 is 1.67 bits per heavy atom. The van der Waals surface area contributed by atoms with Crippen LogP contribution < -0.4 is 5.73 Å². The molecule has 1 unspecified atom stereocenters. The minimum absolute atomic E-state index is 0.602. The van der Waals surface area contributed by atoms with Gasteiger partial charge in [0.1, 0.15) is 0 Å². The van der Waals surface area contributed by atoms with Gasteiger partial charge in [0.15, 0.2) is 0 Å². The molecule has 68 valence electrons. The zero-order valence-corrected chi connectivity index (χ0v) is 8.96. The Balaban J connectivity index is 2.11.